The van der Waals surface area contributed by atoms with Crippen LogP contribution in [0.3, 0.4) is 0 Å². The van der Waals surface area contributed by atoms with Crippen LogP contribution in [-0.2, 0) is 4.74 Å². The maximum atomic E-state index is 11.8. The number of aryl methyl sites for hydroxylation is 1. The number of hydrogen-bond donors (Lipinski definition) is 1. The van der Waals surface area contributed by atoms with Crippen LogP contribution in [-0.4, -0.2) is 35.7 Å². The second-order valence-corrected chi connectivity index (χ2v) is 6.60. The van der Waals surface area contributed by atoms with Crippen molar-refractivity contribution < 1.29 is 9.53 Å². The van der Waals surface area contributed by atoms with E-state index in [9.17, 15) is 4.79 Å². The van der Waals surface area contributed by atoms with Crippen molar-refractivity contribution in [1.29, 1.82) is 0 Å². The average Bonchev–Trinajstić information content (AvgIpc) is 2.25. The van der Waals surface area contributed by atoms with Gasteiger partial charge in [-0.05, 0) is 51.5 Å². The smallest absolute Gasteiger partial charge is 0.410 e. The second kappa shape index (κ2) is 5.52. The first-order chi connectivity index (χ1) is 9.24. The van der Waals surface area contributed by atoms with Crippen LogP contribution in [0.15, 0.2) is 18.2 Å². The first kappa shape index (κ1) is 15.0. The summed E-state index contributed by atoms with van der Waals surface area (Å²) in [4.78, 5) is 13.5. The van der Waals surface area contributed by atoms with Crippen molar-refractivity contribution in [2.45, 2.75) is 39.3 Å². The lowest BCUT2D eigenvalue weighted by molar-refractivity contribution is 0.0105. The molecule has 0 aromatic heterocycles. The van der Waals surface area contributed by atoms with Crippen LogP contribution in [0, 0.1) is 6.92 Å². The highest BCUT2D eigenvalue weighted by Crippen LogP contribution is 2.22. The minimum absolute atomic E-state index is 0.247. The molecule has 110 valence electrons. The van der Waals surface area contributed by atoms with E-state index in [1.54, 1.807) is 4.90 Å². The van der Waals surface area contributed by atoms with Gasteiger partial charge in [-0.3, -0.25) is 0 Å². The molecule has 2 rings (SSSR count). The predicted molar refractivity (Wildman–Crippen MR) is 81.4 cm³/mol. The number of carbonyl (C=O) groups is 1. The van der Waals surface area contributed by atoms with Crippen molar-refractivity contribution >= 4 is 23.4 Å². The summed E-state index contributed by atoms with van der Waals surface area (Å²) in [5.74, 6) is 0. The summed E-state index contributed by atoms with van der Waals surface area (Å²) in [6.07, 6.45) is -0.247. The largest absolute Gasteiger partial charge is 0.444 e. The van der Waals surface area contributed by atoms with Crippen LogP contribution in [0.5, 0.6) is 0 Å². The molecule has 4 nitrogen and oxygen atoms in total. The van der Waals surface area contributed by atoms with Gasteiger partial charge in [0.15, 0.2) is 0 Å². The van der Waals surface area contributed by atoms with Gasteiger partial charge in [-0.25, -0.2) is 4.79 Å². The van der Waals surface area contributed by atoms with Crippen LogP contribution in [0.4, 0.5) is 10.5 Å². The fourth-order valence-corrected chi connectivity index (χ4v) is 2.13. The number of nitrogens with one attached hydrogen (secondary N) is 1. The van der Waals surface area contributed by atoms with Crippen LogP contribution in [0.2, 0.25) is 5.02 Å². The fraction of sp³-hybridized carbons (Fsp3) is 0.533. The zero-order valence-corrected chi connectivity index (χ0v) is 13.1. The molecule has 0 atom stereocenters. The van der Waals surface area contributed by atoms with Crippen molar-refractivity contribution in [2.75, 3.05) is 18.4 Å². The lowest BCUT2D eigenvalue weighted by Gasteiger charge is -2.40. The van der Waals surface area contributed by atoms with Gasteiger partial charge in [-0.1, -0.05) is 11.6 Å². The van der Waals surface area contributed by atoms with Gasteiger partial charge in [-0.15, -0.1) is 0 Å². The molecule has 20 heavy (non-hydrogen) atoms. The molecule has 1 fully saturated rings. The highest BCUT2D eigenvalue weighted by atomic mass is 35.5. The van der Waals surface area contributed by atoms with E-state index in [1.165, 1.54) is 0 Å². The Morgan fingerprint density at radius 2 is 2.05 bits per heavy atom. The van der Waals surface area contributed by atoms with E-state index >= 15 is 0 Å². The molecule has 1 aromatic rings. The van der Waals surface area contributed by atoms with E-state index in [0.29, 0.717) is 13.1 Å². The molecule has 1 heterocycles. The van der Waals surface area contributed by atoms with Crippen molar-refractivity contribution in [2.24, 2.45) is 0 Å². The second-order valence-electron chi connectivity index (χ2n) is 6.19. The normalized spacial score (nSPS) is 15.8. The van der Waals surface area contributed by atoms with E-state index < -0.39 is 5.60 Å². The minimum Gasteiger partial charge on any atom is -0.444 e. The summed E-state index contributed by atoms with van der Waals surface area (Å²) >= 11 is 5.99. The minimum atomic E-state index is -0.442. The lowest BCUT2D eigenvalue weighted by atomic mass is 10.1. The molecular formula is C15H21ClN2O2. The van der Waals surface area contributed by atoms with Gasteiger partial charge in [0.2, 0.25) is 0 Å². The van der Waals surface area contributed by atoms with Crippen molar-refractivity contribution in [1.82, 2.24) is 4.90 Å². The SMILES string of the molecule is Cc1cc(NC2CN(C(=O)OC(C)(C)C)C2)ccc1Cl. The topological polar surface area (TPSA) is 41.6 Å². The number of anilines is 1. The maximum absolute atomic E-state index is 11.8. The molecule has 1 saturated heterocycles. The van der Waals surface area contributed by atoms with Gasteiger partial charge < -0.3 is 15.0 Å². The Balaban J connectivity index is 1.82. The highest BCUT2D eigenvalue weighted by Gasteiger charge is 2.33. The Labute approximate surface area is 125 Å². The molecule has 5 heteroatoms. The van der Waals surface area contributed by atoms with Crippen LogP contribution >= 0.6 is 11.6 Å². The molecule has 0 aliphatic carbocycles. The van der Waals surface area contributed by atoms with E-state index in [0.717, 1.165) is 16.3 Å². The summed E-state index contributed by atoms with van der Waals surface area (Å²) in [5.41, 5.74) is 1.63. The Morgan fingerprint density at radius 1 is 1.40 bits per heavy atom. The molecule has 0 bridgehead atoms. The first-order valence-corrected chi connectivity index (χ1v) is 7.13. The molecule has 0 radical (unpaired) electrons. The fourth-order valence-electron chi connectivity index (χ4n) is 2.02. The van der Waals surface area contributed by atoms with Crippen LogP contribution in [0.1, 0.15) is 26.3 Å². The number of ether oxygens (including phenoxy) is 1. The number of halogens is 1. The average molecular weight is 297 g/mol. The molecule has 1 aromatic carbocycles. The number of carbonyl (C=O) groups excluding carboxylic acids is 1. The zero-order chi connectivity index (χ0) is 14.9. The zero-order valence-electron chi connectivity index (χ0n) is 12.4. The summed E-state index contributed by atoms with van der Waals surface area (Å²) in [7, 11) is 0. The van der Waals surface area contributed by atoms with Crippen molar-refractivity contribution in [3.05, 3.63) is 28.8 Å². The van der Waals surface area contributed by atoms with Crippen LogP contribution < -0.4 is 5.32 Å². The van der Waals surface area contributed by atoms with E-state index in [2.05, 4.69) is 5.32 Å². The molecule has 1 aliphatic heterocycles. The van der Waals surface area contributed by atoms with E-state index in [-0.39, 0.29) is 12.1 Å². The molecule has 0 spiro atoms. The lowest BCUT2D eigenvalue weighted by Crippen LogP contribution is -2.57. The van der Waals surface area contributed by atoms with Gasteiger partial charge >= 0.3 is 6.09 Å². The number of nitrogens with zero attached hydrogens (tertiary/aromatic N) is 1. The summed E-state index contributed by atoms with van der Waals surface area (Å²) < 4.78 is 5.32. The Hall–Kier alpha value is -1.42. The standard InChI is InChI=1S/C15H21ClN2O2/c1-10-7-11(5-6-13(10)16)17-12-8-18(9-12)14(19)20-15(2,3)4/h5-7,12,17H,8-9H2,1-4H3. The quantitative estimate of drug-likeness (QED) is 0.905. The number of likely N-dealkylation sites (tertiary alicyclic amines) is 1. The summed E-state index contributed by atoms with van der Waals surface area (Å²) in [6.45, 7) is 8.92. The third-order valence-electron chi connectivity index (χ3n) is 3.06. The maximum Gasteiger partial charge on any atom is 0.410 e. The third kappa shape index (κ3) is 3.79. The molecule has 1 amide bonds. The molecular weight excluding hydrogens is 276 g/mol. The van der Waals surface area contributed by atoms with E-state index in [1.807, 2.05) is 45.9 Å². The predicted octanol–water partition coefficient (Wildman–Crippen LogP) is 3.68. The molecule has 1 aliphatic rings. The van der Waals surface area contributed by atoms with Gasteiger partial charge in [-0.2, -0.15) is 0 Å². The first-order valence-electron chi connectivity index (χ1n) is 6.75. The third-order valence-corrected chi connectivity index (χ3v) is 3.49. The van der Waals surface area contributed by atoms with Gasteiger partial charge in [0.05, 0.1) is 6.04 Å². The number of hydrogen-bond acceptors (Lipinski definition) is 3. The summed E-state index contributed by atoms with van der Waals surface area (Å²) in [5, 5.41) is 4.15. The number of benzene rings is 1. The van der Waals surface area contributed by atoms with E-state index in [4.69, 9.17) is 16.3 Å². The Kier molecular flexibility index (Phi) is 4.14. The Bertz CT molecular complexity index is 505. The van der Waals surface area contributed by atoms with Gasteiger partial charge in [0.1, 0.15) is 5.60 Å². The number of amides is 1. The van der Waals surface area contributed by atoms with Crippen molar-refractivity contribution in [3.63, 3.8) is 0 Å². The highest BCUT2D eigenvalue weighted by molar-refractivity contribution is 6.31. The van der Waals surface area contributed by atoms with Crippen molar-refractivity contribution in [3.8, 4) is 0 Å². The monoisotopic (exact) mass is 296 g/mol. The summed E-state index contributed by atoms with van der Waals surface area (Å²) in [6, 6.07) is 6.11. The molecule has 1 N–H and O–H groups in total. The van der Waals surface area contributed by atoms with Gasteiger partial charge in [0.25, 0.3) is 0 Å². The van der Waals surface area contributed by atoms with Crippen LogP contribution in [0.25, 0.3) is 0 Å². The Morgan fingerprint density at radius 3 is 2.60 bits per heavy atom. The number of rotatable bonds is 2. The molecule has 0 saturated carbocycles. The molecule has 0 unspecified atom stereocenters. The van der Waals surface area contributed by atoms with Gasteiger partial charge in [0, 0.05) is 23.8 Å².